The van der Waals surface area contributed by atoms with Gasteiger partial charge in [0.25, 0.3) is 5.69 Å². The summed E-state index contributed by atoms with van der Waals surface area (Å²) in [5, 5.41) is 13.1. The quantitative estimate of drug-likeness (QED) is 0.269. The van der Waals surface area contributed by atoms with E-state index in [1.54, 1.807) is 22.8 Å². The van der Waals surface area contributed by atoms with E-state index in [2.05, 4.69) is 0 Å². The normalized spacial score (nSPS) is 13.9. The van der Waals surface area contributed by atoms with Crippen LogP contribution >= 0.6 is 23.2 Å². The molecular formula is C25H22Cl2N4O4. The first-order chi connectivity index (χ1) is 16.9. The summed E-state index contributed by atoms with van der Waals surface area (Å²) in [7, 11) is 0. The maximum absolute atomic E-state index is 13.7. The minimum absolute atomic E-state index is 0.0535. The highest BCUT2D eigenvalue weighted by Crippen LogP contribution is 2.34. The summed E-state index contributed by atoms with van der Waals surface area (Å²) >= 11 is 12.8. The van der Waals surface area contributed by atoms with Gasteiger partial charge in [-0.05, 0) is 29.3 Å². The number of halogens is 2. The Bertz CT molecular complexity index is 1470. The van der Waals surface area contributed by atoms with Crippen molar-refractivity contribution in [3.05, 3.63) is 102 Å². The second-order valence-corrected chi connectivity index (χ2v) is 9.14. The molecule has 3 aromatic carbocycles. The van der Waals surface area contributed by atoms with Crippen LogP contribution in [0.5, 0.6) is 0 Å². The summed E-state index contributed by atoms with van der Waals surface area (Å²) in [4.78, 5) is 27.3. The molecule has 1 aromatic heterocycles. The van der Waals surface area contributed by atoms with Crippen LogP contribution in [0.15, 0.2) is 65.5 Å². The second kappa shape index (κ2) is 9.73. The molecule has 8 nitrogen and oxygen atoms in total. The average Bonchev–Trinajstić information content (AvgIpc) is 3.11. The minimum Gasteiger partial charge on any atom is -0.378 e. The van der Waals surface area contributed by atoms with Crippen LogP contribution < -0.4 is 10.6 Å². The summed E-state index contributed by atoms with van der Waals surface area (Å²) in [6.07, 6.45) is 0. The largest absolute Gasteiger partial charge is 0.378 e. The van der Waals surface area contributed by atoms with Crippen molar-refractivity contribution < 1.29 is 9.66 Å². The number of ether oxygens (including phenoxy) is 1. The Hall–Kier alpha value is -3.33. The first kappa shape index (κ1) is 23.4. The Morgan fingerprint density at radius 2 is 1.37 bits per heavy atom. The van der Waals surface area contributed by atoms with E-state index < -0.39 is 4.92 Å². The molecule has 35 heavy (non-hydrogen) atoms. The van der Waals surface area contributed by atoms with E-state index >= 15 is 0 Å². The lowest BCUT2D eigenvalue weighted by molar-refractivity contribution is -0.384. The smallest absolute Gasteiger partial charge is 0.329 e. The van der Waals surface area contributed by atoms with Crippen LogP contribution in [0.4, 0.5) is 11.4 Å². The Morgan fingerprint density at radius 1 is 0.857 bits per heavy atom. The van der Waals surface area contributed by atoms with Crippen LogP contribution in [0.25, 0.3) is 11.0 Å². The van der Waals surface area contributed by atoms with E-state index in [0.29, 0.717) is 53.1 Å². The molecule has 0 radical (unpaired) electrons. The molecule has 0 bridgehead atoms. The molecule has 0 spiro atoms. The third kappa shape index (κ3) is 4.52. The van der Waals surface area contributed by atoms with E-state index in [4.69, 9.17) is 27.9 Å². The number of anilines is 1. The SMILES string of the molecule is O=c1n(Cc2ccccc2Cl)c2cc(N3CCOCC3)c([N+](=O)[O-])cc2n1Cc1ccccc1Cl. The lowest BCUT2D eigenvalue weighted by Crippen LogP contribution is -2.36. The Labute approximate surface area is 211 Å². The molecule has 1 saturated heterocycles. The van der Waals surface area contributed by atoms with Gasteiger partial charge in [0.15, 0.2) is 0 Å². The van der Waals surface area contributed by atoms with Gasteiger partial charge >= 0.3 is 5.69 Å². The van der Waals surface area contributed by atoms with E-state index in [1.165, 1.54) is 10.6 Å². The zero-order chi connectivity index (χ0) is 24.5. The van der Waals surface area contributed by atoms with Crippen LogP contribution in [-0.4, -0.2) is 40.4 Å². The molecule has 4 aromatic rings. The van der Waals surface area contributed by atoms with Crippen LogP contribution in [0.1, 0.15) is 11.1 Å². The highest BCUT2D eigenvalue weighted by atomic mass is 35.5. The van der Waals surface area contributed by atoms with Gasteiger partial charge in [-0.1, -0.05) is 59.6 Å². The number of nitro groups is 1. The maximum atomic E-state index is 13.7. The van der Waals surface area contributed by atoms with Gasteiger partial charge in [-0.15, -0.1) is 0 Å². The summed E-state index contributed by atoms with van der Waals surface area (Å²) in [6.45, 7) is 2.43. The Kier molecular flexibility index (Phi) is 6.51. The van der Waals surface area contributed by atoms with Crippen LogP contribution in [0, 0.1) is 10.1 Å². The molecule has 0 unspecified atom stereocenters. The first-order valence-electron chi connectivity index (χ1n) is 11.1. The first-order valence-corrected chi connectivity index (χ1v) is 11.9. The standard InChI is InChI=1S/C25H22Cl2N4O4/c26-19-7-3-1-5-17(19)15-29-22-13-21(28-9-11-35-12-10-28)24(31(33)34)14-23(22)30(25(29)32)16-18-6-2-4-8-20(18)27/h1-8,13-14H,9-12,15-16H2. The van der Waals surface area contributed by atoms with E-state index in [0.717, 1.165) is 11.1 Å². The van der Waals surface area contributed by atoms with Gasteiger partial charge in [-0.2, -0.15) is 0 Å². The number of fused-ring (bicyclic) bond motifs is 1. The summed E-state index contributed by atoms with van der Waals surface area (Å²) in [5.74, 6) is 0. The van der Waals surface area contributed by atoms with Crippen LogP contribution in [0.2, 0.25) is 10.0 Å². The zero-order valence-electron chi connectivity index (χ0n) is 18.7. The summed E-state index contributed by atoms with van der Waals surface area (Å²) < 4.78 is 8.57. The number of imidazole rings is 1. The molecule has 5 rings (SSSR count). The van der Waals surface area contributed by atoms with Crippen molar-refractivity contribution in [2.75, 3.05) is 31.2 Å². The van der Waals surface area contributed by atoms with Gasteiger partial charge in [0.1, 0.15) is 5.69 Å². The summed E-state index contributed by atoms with van der Waals surface area (Å²) in [5.41, 5.74) is 2.69. The number of nitro benzene ring substituents is 1. The van der Waals surface area contributed by atoms with Gasteiger partial charge in [0, 0.05) is 29.2 Å². The molecule has 0 atom stereocenters. The minimum atomic E-state index is -0.403. The fourth-order valence-corrected chi connectivity index (χ4v) is 4.83. The Morgan fingerprint density at radius 3 is 1.89 bits per heavy atom. The third-order valence-electron chi connectivity index (χ3n) is 6.24. The molecule has 1 aliphatic rings. The van der Waals surface area contributed by atoms with Gasteiger partial charge in [0.2, 0.25) is 0 Å². The summed E-state index contributed by atoms with van der Waals surface area (Å²) in [6, 6.07) is 17.8. The van der Waals surface area contributed by atoms with Gasteiger partial charge < -0.3 is 9.64 Å². The molecule has 0 amide bonds. The van der Waals surface area contributed by atoms with Crippen molar-refractivity contribution >= 4 is 45.6 Å². The fourth-order valence-electron chi connectivity index (χ4n) is 4.44. The molecule has 0 saturated carbocycles. The number of morpholine rings is 1. The van der Waals surface area contributed by atoms with Crippen LogP contribution in [-0.2, 0) is 17.8 Å². The average molecular weight is 513 g/mol. The monoisotopic (exact) mass is 512 g/mol. The molecule has 0 N–H and O–H groups in total. The van der Waals surface area contributed by atoms with Crippen molar-refractivity contribution in [3.8, 4) is 0 Å². The number of hydrogen-bond donors (Lipinski definition) is 0. The number of rotatable bonds is 6. The van der Waals surface area contributed by atoms with Crippen LogP contribution in [0.3, 0.4) is 0 Å². The number of hydrogen-bond acceptors (Lipinski definition) is 5. The van der Waals surface area contributed by atoms with Crippen molar-refractivity contribution in [1.82, 2.24) is 9.13 Å². The highest BCUT2D eigenvalue weighted by Gasteiger charge is 2.26. The third-order valence-corrected chi connectivity index (χ3v) is 6.97. The van der Waals surface area contributed by atoms with Crippen molar-refractivity contribution in [3.63, 3.8) is 0 Å². The molecule has 2 heterocycles. The Balaban J connectivity index is 1.74. The van der Waals surface area contributed by atoms with Gasteiger partial charge in [0.05, 0.1) is 42.3 Å². The van der Waals surface area contributed by atoms with Crippen molar-refractivity contribution in [2.45, 2.75) is 13.1 Å². The van der Waals surface area contributed by atoms with E-state index in [1.807, 2.05) is 41.3 Å². The number of aromatic nitrogens is 2. The van der Waals surface area contributed by atoms with Gasteiger partial charge in [-0.25, -0.2) is 4.79 Å². The highest BCUT2D eigenvalue weighted by molar-refractivity contribution is 6.31. The molecule has 180 valence electrons. The lowest BCUT2D eigenvalue weighted by atomic mass is 10.1. The molecule has 1 aliphatic heterocycles. The van der Waals surface area contributed by atoms with E-state index in [-0.39, 0.29) is 24.5 Å². The fraction of sp³-hybridized carbons (Fsp3) is 0.240. The number of nitrogens with zero attached hydrogens (tertiary/aromatic N) is 4. The van der Waals surface area contributed by atoms with Crippen molar-refractivity contribution in [1.29, 1.82) is 0 Å². The predicted molar refractivity (Wildman–Crippen MR) is 137 cm³/mol. The van der Waals surface area contributed by atoms with E-state index in [9.17, 15) is 14.9 Å². The molecule has 10 heteroatoms. The molecular weight excluding hydrogens is 491 g/mol. The maximum Gasteiger partial charge on any atom is 0.329 e. The van der Waals surface area contributed by atoms with Gasteiger partial charge in [-0.3, -0.25) is 19.2 Å². The topological polar surface area (TPSA) is 82.5 Å². The predicted octanol–water partition coefficient (Wildman–Crippen LogP) is 4.95. The zero-order valence-corrected chi connectivity index (χ0v) is 20.2. The lowest BCUT2D eigenvalue weighted by Gasteiger charge is -2.28. The second-order valence-electron chi connectivity index (χ2n) is 8.32. The number of benzene rings is 3. The molecule has 1 fully saturated rings. The van der Waals surface area contributed by atoms with Crippen molar-refractivity contribution in [2.24, 2.45) is 0 Å². The molecule has 0 aliphatic carbocycles.